The quantitative estimate of drug-likeness (QED) is 0.258. The molecule has 0 spiro atoms. The molecule has 0 atom stereocenters. The van der Waals surface area contributed by atoms with E-state index in [1.807, 2.05) is 0 Å². The van der Waals surface area contributed by atoms with Crippen LogP contribution in [0.5, 0.6) is 0 Å². The number of pyridine rings is 1. The third-order valence-corrected chi connectivity index (χ3v) is 2.77. The molecule has 18 heavy (non-hydrogen) atoms. The minimum Gasteiger partial charge on any atom is -0.465 e. The molecule has 0 aliphatic carbocycles. The fourth-order valence-electron chi connectivity index (χ4n) is 1.09. The third kappa shape index (κ3) is 3.86. The van der Waals surface area contributed by atoms with Crippen LogP contribution in [0.1, 0.15) is 6.92 Å². The number of ether oxygens (including phenoxy) is 1. The molecule has 0 saturated heterocycles. The number of nitrogen functional groups attached to an aromatic ring is 1. The Labute approximate surface area is 107 Å². The molecule has 0 bridgehead atoms. The molecule has 0 aliphatic rings. The highest BCUT2D eigenvalue weighted by Gasteiger charge is 2.17. The first-order chi connectivity index (χ1) is 8.58. The van der Waals surface area contributed by atoms with E-state index in [0.717, 1.165) is 11.8 Å². The van der Waals surface area contributed by atoms with Crippen LogP contribution in [-0.4, -0.2) is 28.2 Å². The molecule has 8 nitrogen and oxygen atoms in total. The topological polar surface area (TPSA) is 120 Å². The lowest BCUT2D eigenvalue weighted by Gasteiger charge is -2.04. The van der Waals surface area contributed by atoms with Crippen LogP contribution >= 0.6 is 11.8 Å². The third-order valence-electron chi connectivity index (χ3n) is 1.82. The van der Waals surface area contributed by atoms with E-state index in [1.54, 1.807) is 6.92 Å². The van der Waals surface area contributed by atoms with Crippen LogP contribution in [0, 0.1) is 10.1 Å². The fourth-order valence-corrected chi connectivity index (χ4v) is 1.88. The largest absolute Gasteiger partial charge is 0.465 e. The number of hydrogen-bond acceptors (Lipinski definition) is 8. The van der Waals surface area contributed by atoms with Gasteiger partial charge in [-0.15, -0.1) is 0 Å². The molecule has 1 heterocycles. The summed E-state index contributed by atoms with van der Waals surface area (Å²) in [6, 6.07) is 2.65. The van der Waals surface area contributed by atoms with Crippen molar-refractivity contribution in [2.45, 2.75) is 11.9 Å². The second-order valence-corrected chi connectivity index (χ2v) is 3.98. The highest BCUT2D eigenvalue weighted by atomic mass is 32.2. The Morgan fingerprint density at radius 1 is 1.67 bits per heavy atom. The van der Waals surface area contributed by atoms with Crippen LogP contribution in [0.4, 0.5) is 11.5 Å². The summed E-state index contributed by atoms with van der Waals surface area (Å²) >= 11 is 0.930. The van der Waals surface area contributed by atoms with Crippen LogP contribution in [0.15, 0.2) is 17.2 Å². The highest BCUT2D eigenvalue weighted by molar-refractivity contribution is 8.00. The van der Waals surface area contributed by atoms with Gasteiger partial charge < -0.3 is 10.2 Å². The lowest BCUT2D eigenvalue weighted by atomic mass is 10.4. The fraction of sp³-hybridized carbons (Fsp3) is 0.333. The Morgan fingerprint density at radius 3 is 2.94 bits per heavy atom. The number of hydrazine groups is 1. The van der Waals surface area contributed by atoms with E-state index < -0.39 is 10.9 Å². The predicted molar refractivity (Wildman–Crippen MR) is 66.1 cm³/mol. The van der Waals surface area contributed by atoms with Gasteiger partial charge in [0, 0.05) is 6.07 Å². The van der Waals surface area contributed by atoms with Gasteiger partial charge in [0.2, 0.25) is 0 Å². The molecule has 0 amide bonds. The number of carbonyl (C=O) groups excluding carboxylic acids is 1. The summed E-state index contributed by atoms with van der Waals surface area (Å²) in [6.45, 7) is 1.95. The van der Waals surface area contributed by atoms with Gasteiger partial charge in [0.05, 0.1) is 17.3 Å². The van der Waals surface area contributed by atoms with Gasteiger partial charge in [-0.3, -0.25) is 14.9 Å². The van der Waals surface area contributed by atoms with E-state index in [1.165, 1.54) is 12.1 Å². The molecule has 0 radical (unpaired) electrons. The van der Waals surface area contributed by atoms with E-state index >= 15 is 0 Å². The van der Waals surface area contributed by atoms with Gasteiger partial charge >= 0.3 is 11.7 Å². The minimum atomic E-state index is -0.569. The molecule has 0 aromatic carbocycles. The van der Waals surface area contributed by atoms with Crippen molar-refractivity contribution < 1.29 is 14.5 Å². The number of nitro groups is 1. The van der Waals surface area contributed by atoms with Crippen molar-refractivity contribution in [2.75, 3.05) is 17.8 Å². The number of nitrogens with two attached hydrogens (primary N) is 1. The summed E-state index contributed by atoms with van der Waals surface area (Å²) in [5.74, 6) is 4.95. The average molecular weight is 272 g/mol. The maximum absolute atomic E-state index is 11.2. The van der Waals surface area contributed by atoms with E-state index in [4.69, 9.17) is 10.6 Å². The molecule has 1 aromatic heterocycles. The molecule has 0 unspecified atom stereocenters. The van der Waals surface area contributed by atoms with Crippen molar-refractivity contribution in [3.05, 3.63) is 22.2 Å². The van der Waals surface area contributed by atoms with Crippen LogP contribution in [0.3, 0.4) is 0 Å². The zero-order valence-electron chi connectivity index (χ0n) is 9.58. The monoisotopic (exact) mass is 272 g/mol. The summed E-state index contributed by atoms with van der Waals surface area (Å²) in [4.78, 5) is 25.3. The number of aromatic nitrogens is 1. The lowest BCUT2D eigenvalue weighted by molar-refractivity contribution is -0.388. The molecule has 3 N–H and O–H groups in total. The second-order valence-electron chi connectivity index (χ2n) is 3.02. The van der Waals surface area contributed by atoms with Crippen molar-refractivity contribution in [1.29, 1.82) is 0 Å². The Hall–Kier alpha value is -1.87. The highest BCUT2D eigenvalue weighted by Crippen LogP contribution is 2.28. The average Bonchev–Trinajstić information content (AvgIpc) is 2.36. The molecule has 1 aromatic rings. The molecule has 0 saturated carbocycles. The number of esters is 1. The molecule has 1 rings (SSSR count). The van der Waals surface area contributed by atoms with Crippen LogP contribution in [0.25, 0.3) is 0 Å². The predicted octanol–water partition coefficient (Wildman–Crippen LogP) is 0.931. The Morgan fingerprint density at radius 2 is 2.39 bits per heavy atom. The van der Waals surface area contributed by atoms with Crippen molar-refractivity contribution in [3.63, 3.8) is 0 Å². The molecule has 0 aliphatic heterocycles. The number of nitrogens with one attached hydrogen (secondary N) is 1. The first-order valence-electron chi connectivity index (χ1n) is 4.99. The van der Waals surface area contributed by atoms with Gasteiger partial charge in [-0.1, -0.05) is 11.8 Å². The van der Waals surface area contributed by atoms with Crippen LogP contribution < -0.4 is 11.3 Å². The van der Waals surface area contributed by atoms with Gasteiger partial charge in [-0.25, -0.2) is 10.8 Å². The molecule has 0 fully saturated rings. The summed E-state index contributed by atoms with van der Waals surface area (Å²) in [5.41, 5.74) is 2.11. The summed E-state index contributed by atoms with van der Waals surface area (Å²) < 4.78 is 4.72. The van der Waals surface area contributed by atoms with E-state index in [9.17, 15) is 14.9 Å². The number of rotatable bonds is 6. The summed E-state index contributed by atoms with van der Waals surface area (Å²) in [5, 5.41) is 10.9. The minimum absolute atomic E-state index is 0.0459. The van der Waals surface area contributed by atoms with Crippen molar-refractivity contribution in [2.24, 2.45) is 5.84 Å². The smallest absolute Gasteiger partial charge is 0.316 e. The SMILES string of the molecule is CCOC(=O)CSc1nc(NN)ccc1[N+](=O)[O-]. The number of thioether (sulfide) groups is 1. The normalized spacial score (nSPS) is 9.89. The first-order valence-corrected chi connectivity index (χ1v) is 5.97. The van der Waals surface area contributed by atoms with Crippen LogP contribution in [-0.2, 0) is 9.53 Å². The maximum Gasteiger partial charge on any atom is 0.316 e. The Balaban J connectivity index is 2.84. The maximum atomic E-state index is 11.2. The zero-order chi connectivity index (χ0) is 13.5. The first kappa shape index (κ1) is 14.2. The molecular formula is C9H12N4O4S. The molecule has 9 heteroatoms. The van der Waals surface area contributed by atoms with Gasteiger partial charge in [0.15, 0.2) is 5.03 Å². The van der Waals surface area contributed by atoms with Gasteiger partial charge in [0.1, 0.15) is 5.82 Å². The number of hydrogen-bond donors (Lipinski definition) is 2. The summed E-state index contributed by atoms with van der Waals surface area (Å²) in [6.07, 6.45) is 0. The summed E-state index contributed by atoms with van der Waals surface area (Å²) in [7, 11) is 0. The van der Waals surface area contributed by atoms with Gasteiger partial charge in [0.25, 0.3) is 0 Å². The standard InChI is InChI=1S/C9H12N4O4S/c1-2-17-8(14)5-18-9-6(13(15)16)3-4-7(11-9)12-10/h3-4H,2,5,10H2,1H3,(H,11,12). The Bertz CT molecular complexity index is 454. The van der Waals surface area contributed by atoms with E-state index in [2.05, 4.69) is 10.4 Å². The van der Waals surface area contributed by atoms with Crippen LogP contribution in [0.2, 0.25) is 0 Å². The van der Waals surface area contributed by atoms with Gasteiger partial charge in [-0.2, -0.15) is 0 Å². The van der Waals surface area contributed by atoms with Crippen molar-refractivity contribution in [3.8, 4) is 0 Å². The number of carbonyl (C=O) groups is 1. The van der Waals surface area contributed by atoms with E-state index in [0.29, 0.717) is 0 Å². The molecular weight excluding hydrogens is 260 g/mol. The number of anilines is 1. The molecule has 98 valence electrons. The lowest BCUT2D eigenvalue weighted by Crippen LogP contribution is -2.10. The van der Waals surface area contributed by atoms with Crippen molar-refractivity contribution in [1.82, 2.24) is 4.98 Å². The zero-order valence-corrected chi connectivity index (χ0v) is 10.4. The van der Waals surface area contributed by atoms with E-state index in [-0.39, 0.29) is 28.9 Å². The van der Waals surface area contributed by atoms with Gasteiger partial charge in [-0.05, 0) is 13.0 Å². The second kappa shape index (κ2) is 6.77. The van der Waals surface area contributed by atoms with Crippen molar-refractivity contribution >= 4 is 29.2 Å². The Kier molecular flexibility index (Phi) is 5.33. The number of nitrogens with zero attached hydrogens (tertiary/aromatic N) is 2.